The van der Waals surface area contributed by atoms with Gasteiger partial charge < -0.3 is 14.9 Å². The molecule has 2 heterocycles. The van der Waals surface area contributed by atoms with E-state index in [0.29, 0.717) is 6.42 Å². The Morgan fingerprint density at radius 1 is 1.60 bits per heavy atom. The third kappa shape index (κ3) is 0.654. The van der Waals surface area contributed by atoms with Crippen LogP contribution in [0.5, 0.6) is 0 Å². The number of hydrogen-bond acceptors (Lipinski definition) is 3. The van der Waals surface area contributed by atoms with Crippen molar-refractivity contribution >= 4 is 0 Å². The summed E-state index contributed by atoms with van der Waals surface area (Å²) in [6.07, 6.45) is 2.30. The fraction of sp³-hybridized carbons (Fsp3) is 1.00. The maximum absolute atomic E-state index is 9.38. The van der Waals surface area contributed by atoms with Crippen LogP contribution < -0.4 is 0 Å². The molecule has 2 saturated heterocycles. The summed E-state index contributed by atoms with van der Waals surface area (Å²) in [5.41, 5.74) is -0.579. The Labute approximate surface area is 59.6 Å². The fourth-order valence-electron chi connectivity index (χ4n) is 1.95. The van der Waals surface area contributed by atoms with Crippen LogP contribution in [0.25, 0.3) is 0 Å². The maximum Gasteiger partial charge on any atom is 0.117 e. The van der Waals surface area contributed by atoms with Crippen LogP contribution >= 0.6 is 0 Å². The molecule has 2 bridgehead atoms. The van der Waals surface area contributed by atoms with Crippen molar-refractivity contribution in [3.63, 3.8) is 0 Å². The minimum Gasteiger partial charge on any atom is -0.393 e. The summed E-state index contributed by atoms with van der Waals surface area (Å²) < 4.78 is 5.42. The van der Waals surface area contributed by atoms with Crippen molar-refractivity contribution in [2.45, 2.75) is 37.1 Å². The van der Waals surface area contributed by atoms with Crippen LogP contribution in [-0.2, 0) is 4.74 Å². The highest BCUT2D eigenvalue weighted by Gasteiger charge is 2.52. The van der Waals surface area contributed by atoms with Gasteiger partial charge in [0.15, 0.2) is 0 Å². The summed E-state index contributed by atoms with van der Waals surface area (Å²) in [7, 11) is 0. The van der Waals surface area contributed by atoms with Crippen LogP contribution in [0.1, 0.15) is 19.3 Å². The van der Waals surface area contributed by atoms with Crippen LogP contribution in [0.2, 0.25) is 0 Å². The molecule has 0 aromatic carbocycles. The number of aliphatic hydroxyl groups excluding tert-OH is 2. The van der Waals surface area contributed by atoms with Gasteiger partial charge in [0.05, 0.1) is 18.8 Å². The largest absolute Gasteiger partial charge is 0.393 e. The number of fused-ring (bicyclic) bond motifs is 2. The van der Waals surface area contributed by atoms with Gasteiger partial charge in [0.2, 0.25) is 0 Å². The highest BCUT2D eigenvalue weighted by molar-refractivity contribution is 5.02. The van der Waals surface area contributed by atoms with Crippen LogP contribution in [0.15, 0.2) is 0 Å². The summed E-state index contributed by atoms with van der Waals surface area (Å²) in [4.78, 5) is 0. The molecule has 3 nitrogen and oxygen atoms in total. The quantitative estimate of drug-likeness (QED) is 0.529. The monoisotopic (exact) mass is 144 g/mol. The van der Waals surface area contributed by atoms with Crippen molar-refractivity contribution in [3.8, 4) is 0 Å². The Balaban J connectivity index is 2.19. The van der Waals surface area contributed by atoms with E-state index in [9.17, 15) is 5.11 Å². The molecule has 0 aliphatic carbocycles. The molecule has 0 amide bonds. The van der Waals surface area contributed by atoms with E-state index in [-0.39, 0.29) is 12.7 Å². The lowest BCUT2D eigenvalue weighted by atomic mass is 9.87. The predicted octanol–water partition coefficient (Wildman–Crippen LogP) is -0.339. The Hall–Kier alpha value is -0.120. The molecule has 2 fully saturated rings. The van der Waals surface area contributed by atoms with E-state index in [0.717, 1.165) is 12.8 Å². The number of ether oxygens (including phenoxy) is 1. The molecule has 0 radical (unpaired) electrons. The molecule has 0 saturated carbocycles. The van der Waals surface area contributed by atoms with Gasteiger partial charge >= 0.3 is 0 Å². The molecule has 2 aliphatic heterocycles. The highest BCUT2D eigenvalue weighted by atomic mass is 16.6. The molecule has 2 aliphatic rings. The first-order chi connectivity index (χ1) is 4.77. The van der Waals surface area contributed by atoms with E-state index in [2.05, 4.69) is 0 Å². The van der Waals surface area contributed by atoms with Crippen LogP contribution in [-0.4, -0.2) is 34.6 Å². The van der Waals surface area contributed by atoms with E-state index >= 15 is 0 Å². The van der Waals surface area contributed by atoms with Gasteiger partial charge in [0.1, 0.15) is 5.60 Å². The standard InChI is InChI=1S/C7H12O3/c8-4-7-2-1-5(10-7)3-6(7)9/h5-6,8-9H,1-4H2. The van der Waals surface area contributed by atoms with E-state index < -0.39 is 11.7 Å². The number of aliphatic hydroxyl groups is 2. The fourth-order valence-corrected chi connectivity index (χ4v) is 1.95. The van der Waals surface area contributed by atoms with Crippen LogP contribution in [0.3, 0.4) is 0 Å². The normalized spacial score (nSPS) is 52.2. The Kier molecular flexibility index (Phi) is 1.27. The minimum absolute atomic E-state index is 0.0370. The summed E-state index contributed by atoms with van der Waals surface area (Å²) in [6, 6.07) is 0. The molecule has 10 heavy (non-hydrogen) atoms. The van der Waals surface area contributed by atoms with Crippen molar-refractivity contribution in [2.24, 2.45) is 0 Å². The molecule has 3 atom stereocenters. The summed E-state index contributed by atoms with van der Waals surface area (Å²) in [6.45, 7) is -0.0370. The molecular formula is C7H12O3. The van der Waals surface area contributed by atoms with Gasteiger partial charge in [-0.3, -0.25) is 0 Å². The SMILES string of the molecule is OCC12CCC(CC1O)O2. The van der Waals surface area contributed by atoms with Crippen molar-refractivity contribution in [1.29, 1.82) is 0 Å². The molecular weight excluding hydrogens is 132 g/mol. The zero-order valence-corrected chi connectivity index (χ0v) is 5.79. The zero-order chi connectivity index (χ0) is 7.19. The lowest BCUT2D eigenvalue weighted by Gasteiger charge is -2.26. The minimum atomic E-state index is -0.579. The first-order valence-corrected chi connectivity index (χ1v) is 3.73. The summed E-state index contributed by atoms with van der Waals surface area (Å²) >= 11 is 0. The predicted molar refractivity (Wildman–Crippen MR) is 34.5 cm³/mol. The Morgan fingerprint density at radius 2 is 2.40 bits per heavy atom. The number of hydrogen-bond donors (Lipinski definition) is 2. The topological polar surface area (TPSA) is 49.7 Å². The van der Waals surface area contributed by atoms with E-state index in [1.165, 1.54) is 0 Å². The Bertz CT molecular complexity index is 148. The molecule has 0 aromatic rings. The second kappa shape index (κ2) is 1.94. The molecule has 0 aromatic heterocycles. The second-order valence-corrected chi connectivity index (χ2v) is 3.25. The molecule has 3 heteroatoms. The lowest BCUT2D eigenvalue weighted by molar-refractivity contribution is -0.0774. The van der Waals surface area contributed by atoms with Gasteiger partial charge in [-0.2, -0.15) is 0 Å². The van der Waals surface area contributed by atoms with Crippen LogP contribution in [0.4, 0.5) is 0 Å². The zero-order valence-electron chi connectivity index (χ0n) is 5.79. The molecule has 2 N–H and O–H groups in total. The third-order valence-corrected chi connectivity index (χ3v) is 2.65. The van der Waals surface area contributed by atoms with Gasteiger partial charge in [0, 0.05) is 6.42 Å². The van der Waals surface area contributed by atoms with Crippen molar-refractivity contribution < 1.29 is 14.9 Å². The van der Waals surface area contributed by atoms with Gasteiger partial charge in [0.25, 0.3) is 0 Å². The van der Waals surface area contributed by atoms with Crippen LogP contribution in [0, 0.1) is 0 Å². The summed E-state index contributed by atoms with van der Waals surface area (Å²) in [5, 5.41) is 18.3. The van der Waals surface area contributed by atoms with Gasteiger partial charge in [-0.05, 0) is 12.8 Å². The molecule has 3 unspecified atom stereocenters. The number of rotatable bonds is 1. The first kappa shape index (κ1) is 6.58. The average molecular weight is 144 g/mol. The molecule has 2 rings (SSSR count). The average Bonchev–Trinajstić information content (AvgIpc) is 2.44. The smallest absolute Gasteiger partial charge is 0.117 e. The highest BCUT2D eigenvalue weighted by Crippen LogP contribution is 2.43. The van der Waals surface area contributed by atoms with E-state index in [1.807, 2.05) is 0 Å². The third-order valence-electron chi connectivity index (χ3n) is 2.65. The molecule has 0 spiro atoms. The molecule has 58 valence electrons. The van der Waals surface area contributed by atoms with Gasteiger partial charge in [-0.15, -0.1) is 0 Å². The lowest BCUT2D eigenvalue weighted by Crippen LogP contribution is -2.41. The van der Waals surface area contributed by atoms with Gasteiger partial charge in [-0.1, -0.05) is 0 Å². The first-order valence-electron chi connectivity index (χ1n) is 3.73. The van der Waals surface area contributed by atoms with E-state index in [4.69, 9.17) is 9.84 Å². The van der Waals surface area contributed by atoms with Crippen molar-refractivity contribution in [3.05, 3.63) is 0 Å². The summed E-state index contributed by atoms with van der Waals surface area (Å²) in [5.74, 6) is 0. The second-order valence-electron chi connectivity index (χ2n) is 3.25. The van der Waals surface area contributed by atoms with Crippen molar-refractivity contribution in [1.82, 2.24) is 0 Å². The van der Waals surface area contributed by atoms with E-state index in [1.54, 1.807) is 0 Å². The Morgan fingerprint density at radius 3 is 2.70 bits per heavy atom. The van der Waals surface area contributed by atoms with Crippen molar-refractivity contribution in [2.75, 3.05) is 6.61 Å². The van der Waals surface area contributed by atoms with Gasteiger partial charge in [-0.25, -0.2) is 0 Å². The maximum atomic E-state index is 9.38.